The number of alkyl halides is 1. The van der Waals surface area contributed by atoms with Crippen molar-refractivity contribution in [3.05, 3.63) is 23.7 Å². The number of amides is 1. The van der Waals surface area contributed by atoms with Crippen LogP contribution in [0.5, 0.6) is 0 Å². The molecule has 0 saturated heterocycles. The zero-order chi connectivity index (χ0) is 14.8. The fourth-order valence-corrected chi connectivity index (χ4v) is 2.62. The third-order valence-electron chi connectivity index (χ3n) is 3.70. The van der Waals surface area contributed by atoms with Crippen molar-refractivity contribution in [3.8, 4) is 0 Å². The van der Waals surface area contributed by atoms with Crippen molar-refractivity contribution in [1.82, 2.24) is 19.9 Å². The molecule has 2 aromatic heterocycles. The van der Waals surface area contributed by atoms with Gasteiger partial charge in [0.2, 0.25) is 5.91 Å². The van der Waals surface area contributed by atoms with E-state index < -0.39 is 0 Å². The van der Waals surface area contributed by atoms with Crippen molar-refractivity contribution in [2.24, 2.45) is 5.92 Å². The molecule has 0 radical (unpaired) electrons. The molecule has 0 atom stereocenters. The molecule has 0 unspecified atom stereocenters. The molecule has 6 heteroatoms. The molecule has 0 aliphatic heterocycles. The maximum absolute atomic E-state index is 11.7. The fourth-order valence-electron chi connectivity index (χ4n) is 2.45. The number of carbonyl (C=O) groups is 1. The number of hydrogen-bond donors (Lipinski definition) is 1. The first-order chi connectivity index (χ1) is 10.2. The molecular formula is C15H19ClN4O. The van der Waals surface area contributed by atoms with Crippen LogP contribution >= 0.6 is 11.6 Å². The predicted octanol–water partition coefficient (Wildman–Crippen LogP) is 2.05. The van der Waals surface area contributed by atoms with Crippen LogP contribution in [0.15, 0.2) is 12.3 Å². The molecule has 0 spiro atoms. The number of aromatic nitrogens is 3. The van der Waals surface area contributed by atoms with Crippen LogP contribution in [0.3, 0.4) is 0 Å². The first-order valence-corrected chi connectivity index (χ1v) is 7.88. The maximum atomic E-state index is 11.7. The summed E-state index contributed by atoms with van der Waals surface area (Å²) in [6.45, 7) is 3.28. The second kappa shape index (κ2) is 6.02. The molecular weight excluding hydrogens is 288 g/mol. The number of rotatable bonds is 6. The highest BCUT2D eigenvalue weighted by Crippen LogP contribution is 2.28. The Morgan fingerprint density at radius 1 is 1.52 bits per heavy atom. The first-order valence-electron chi connectivity index (χ1n) is 7.34. The zero-order valence-electron chi connectivity index (χ0n) is 12.1. The van der Waals surface area contributed by atoms with Crippen molar-refractivity contribution in [2.75, 3.05) is 12.4 Å². The molecule has 3 rings (SSSR count). The summed E-state index contributed by atoms with van der Waals surface area (Å²) in [5.41, 5.74) is 2.84. The van der Waals surface area contributed by atoms with Crippen LogP contribution in [-0.2, 0) is 17.8 Å². The third-order valence-corrected chi connectivity index (χ3v) is 3.89. The van der Waals surface area contributed by atoms with E-state index in [4.69, 9.17) is 11.6 Å². The lowest BCUT2D eigenvalue weighted by molar-refractivity contribution is -0.122. The van der Waals surface area contributed by atoms with E-state index in [1.165, 1.54) is 0 Å². The van der Waals surface area contributed by atoms with Gasteiger partial charge in [-0.25, -0.2) is 9.97 Å². The summed E-state index contributed by atoms with van der Waals surface area (Å²) in [6.07, 6.45) is 4.59. The molecule has 1 amide bonds. The number of imidazole rings is 1. The summed E-state index contributed by atoms with van der Waals surface area (Å²) in [4.78, 5) is 20.8. The number of nitrogens with zero attached hydrogens (tertiary/aromatic N) is 3. The number of nitrogens with one attached hydrogen (secondary N) is 1. The van der Waals surface area contributed by atoms with Gasteiger partial charge in [0.1, 0.15) is 11.3 Å². The fraction of sp³-hybridized carbons (Fsp3) is 0.533. The highest BCUT2D eigenvalue weighted by atomic mass is 35.5. The van der Waals surface area contributed by atoms with Crippen molar-refractivity contribution >= 4 is 28.7 Å². The highest BCUT2D eigenvalue weighted by Gasteiger charge is 2.29. The van der Waals surface area contributed by atoms with E-state index in [2.05, 4.69) is 19.9 Å². The number of hydrogen-bond acceptors (Lipinski definition) is 3. The van der Waals surface area contributed by atoms with Gasteiger partial charge in [0.15, 0.2) is 5.65 Å². The topological polar surface area (TPSA) is 59.8 Å². The molecule has 5 nitrogen and oxygen atoms in total. The van der Waals surface area contributed by atoms with Gasteiger partial charge in [-0.3, -0.25) is 4.79 Å². The summed E-state index contributed by atoms with van der Waals surface area (Å²) >= 11 is 5.86. The van der Waals surface area contributed by atoms with Gasteiger partial charge in [0, 0.05) is 37.5 Å². The SMILES string of the molecule is Cc1cnc2c(c1)nc(CCCl)n2CCNC(=O)C1CC1. The summed E-state index contributed by atoms with van der Waals surface area (Å²) in [7, 11) is 0. The Morgan fingerprint density at radius 2 is 2.33 bits per heavy atom. The minimum absolute atomic E-state index is 0.169. The molecule has 0 bridgehead atoms. The Kier molecular flexibility index (Phi) is 4.10. The number of halogens is 1. The molecule has 21 heavy (non-hydrogen) atoms. The standard InChI is InChI=1S/C15H19ClN4O/c1-10-8-12-14(18-9-10)20(13(19-12)4-5-16)7-6-17-15(21)11-2-3-11/h8-9,11H,2-7H2,1H3,(H,17,21). The molecule has 112 valence electrons. The second-order valence-electron chi connectivity index (χ2n) is 5.54. The van der Waals surface area contributed by atoms with E-state index in [1.807, 2.05) is 19.2 Å². The predicted molar refractivity (Wildman–Crippen MR) is 82.4 cm³/mol. The first kappa shape index (κ1) is 14.3. The van der Waals surface area contributed by atoms with Gasteiger partial charge >= 0.3 is 0 Å². The molecule has 1 aliphatic rings. The maximum Gasteiger partial charge on any atom is 0.223 e. The molecule has 1 aliphatic carbocycles. The van der Waals surface area contributed by atoms with Gasteiger partial charge in [0.05, 0.1) is 0 Å². The van der Waals surface area contributed by atoms with Gasteiger partial charge in [-0.2, -0.15) is 0 Å². The number of aryl methyl sites for hydroxylation is 2. The van der Waals surface area contributed by atoms with Crippen LogP contribution in [0, 0.1) is 12.8 Å². The van der Waals surface area contributed by atoms with Crippen LogP contribution < -0.4 is 5.32 Å². The minimum atomic E-state index is 0.169. The molecule has 0 aromatic carbocycles. The summed E-state index contributed by atoms with van der Waals surface area (Å²) < 4.78 is 2.06. The van der Waals surface area contributed by atoms with Gasteiger partial charge < -0.3 is 9.88 Å². The van der Waals surface area contributed by atoms with Crippen molar-refractivity contribution < 1.29 is 4.79 Å². The van der Waals surface area contributed by atoms with Crippen molar-refractivity contribution in [2.45, 2.75) is 32.7 Å². The average molecular weight is 307 g/mol. The quantitative estimate of drug-likeness (QED) is 0.831. The van der Waals surface area contributed by atoms with E-state index >= 15 is 0 Å². The van der Waals surface area contributed by atoms with Crippen LogP contribution in [0.25, 0.3) is 11.2 Å². The smallest absolute Gasteiger partial charge is 0.223 e. The van der Waals surface area contributed by atoms with Gasteiger partial charge in [0.25, 0.3) is 0 Å². The van der Waals surface area contributed by atoms with Gasteiger partial charge in [-0.05, 0) is 31.4 Å². The Bertz CT molecular complexity index is 663. The highest BCUT2D eigenvalue weighted by molar-refractivity contribution is 6.17. The Hall–Kier alpha value is -1.62. The largest absolute Gasteiger partial charge is 0.354 e. The van der Waals surface area contributed by atoms with Crippen LogP contribution in [0.4, 0.5) is 0 Å². The van der Waals surface area contributed by atoms with Crippen LogP contribution in [0.1, 0.15) is 24.2 Å². The van der Waals surface area contributed by atoms with E-state index in [1.54, 1.807) is 0 Å². The van der Waals surface area contributed by atoms with Gasteiger partial charge in [-0.1, -0.05) is 0 Å². The third kappa shape index (κ3) is 3.18. The molecule has 1 fully saturated rings. The Morgan fingerprint density at radius 3 is 3.05 bits per heavy atom. The van der Waals surface area contributed by atoms with E-state index in [0.29, 0.717) is 25.4 Å². The summed E-state index contributed by atoms with van der Waals surface area (Å²) in [5, 5.41) is 2.98. The van der Waals surface area contributed by atoms with Crippen LogP contribution in [-0.4, -0.2) is 32.9 Å². The number of carbonyl (C=O) groups excluding carboxylic acids is 1. The lowest BCUT2D eigenvalue weighted by Gasteiger charge is -2.09. The molecule has 1 N–H and O–H groups in total. The number of pyridine rings is 1. The summed E-state index contributed by atoms with van der Waals surface area (Å²) in [5.74, 6) is 1.87. The minimum Gasteiger partial charge on any atom is -0.354 e. The lowest BCUT2D eigenvalue weighted by Crippen LogP contribution is -2.28. The average Bonchev–Trinajstić information content (AvgIpc) is 3.24. The Balaban J connectivity index is 1.77. The summed E-state index contributed by atoms with van der Waals surface area (Å²) in [6, 6.07) is 2.03. The lowest BCUT2D eigenvalue weighted by atomic mass is 10.3. The zero-order valence-corrected chi connectivity index (χ0v) is 12.9. The second-order valence-corrected chi connectivity index (χ2v) is 5.92. The van der Waals surface area contributed by atoms with E-state index in [-0.39, 0.29) is 11.8 Å². The van der Waals surface area contributed by atoms with E-state index in [9.17, 15) is 4.79 Å². The normalized spacial score (nSPS) is 14.6. The van der Waals surface area contributed by atoms with Crippen molar-refractivity contribution in [1.29, 1.82) is 0 Å². The molecule has 1 saturated carbocycles. The number of fused-ring (bicyclic) bond motifs is 1. The van der Waals surface area contributed by atoms with Gasteiger partial charge in [-0.15, -0.1) is 11.6 Å². The monoisotopic (exact) mass is 306 g/mol. The Labute approximate surface area is 128 Å². The van der Waals surface area contributed by atoms with Crippen LogP contribution in [0.2, 0.25) is 0 Å². The van der Waals surface area contributed by atoms with E-state index in [0.717, 1.165) is 35.4 Å². The molecule has 2 heterocycles. The molecule has 2 aromatic rings. The van der Waals surface area contributed by atoms with Crippen molar-refractivity contribution in [3.63, 3.8) is 0 Å².